The zero-order valence-electron chi connectivity index (χ0n) is 14.1. The molecule has 0 radical (unpaired) electrons. The summed E-state index contributed by atoms with van der Waals surface area (Å²) < 4.78 is 94.6. The first-order valence-electron chi connectivity index (χ1n) is 7.43. The van der Waals surface area contributed by atoms with Gasteiger partial charge in [-0.25, -0.2) is 17.6 Å². The zero-order valence-corrected chi connectivity index (χ0v) is 14.1. The first-order valence-corrected chi connectivity index (χ1v) is 7.43. The van der Waals surface area contributed by atoms with Crippen molar-refractivity contribution < 1.29 is 30.7 Å². The quantitative estimate of drug-likeness (QED) is 0.307. The molecule has 0 heterocycles. The zero-order chi connectivity index (χ0) is 19.5. The van der Waals surface area contributed by atoms with Crippen LogP contribution in [0.1, 0.15) is 45.2 Å². The Morgan fingerprint density at radius 1 is 0.920 bits per heavy atom. The molecule has 1 aromatic carbocycles. The third-order valence-corrected chi connectivity index (χ3v) is 3.51. The Morgan fingerprint density at radius 2 is 1.40 bits per heavy atom. The maximum Gasteiger partial charge on any atom is 0.422 e. The summed E-state index contributed by atoms with van der Waals surface area (Å²) in [7, 11) is 0. The SMILES string of the molecule is C\C=C/C(C)=C(/C(C)=C/CC)c1c(F)c(F)c(C(F)(F)F)c(F)c1F. The normalized spacial score (nSPS) is 14.3. The highest BCUT2D eigenvalue weighted by atomic mass is 19.4. The van der Waals surface area contributed by atoms with Crippen LogP contribution in [0.25, 0.3) is 5.57 Å². The molecule has 0 spiro atoms. The molecular formula is C18H17F7. The van der Waals surface area contributed by atoms with Crippen molar-refractivity contribution in [2.24, 2.45) is 0 Å². The van der Waals surface area contributed by atoms with Gasteiger partial charge < -0.3 is 0 Å². The lowest BCUT2D eigenvalue weighted by molar-refractivity contribution is -0.143. The first-order chi connectivity index (χ1) is 11.5. The van der Waals surface area contributed by atoms with Crippen molar-refractivity contribution in [2.45, 2.75) is 40.3 Å². The van der Waals surface area contributed by atoms with Crippen molar-refractivity contribution in [1.82, 2.24) is 0 Å². The number of rotatable bonds is 4. The Balaban J connectivity index is 3.99. The van der Waals surface area contributed by atoms with Crippen LogP contribution >= 0.6 is 0 Å². The molecule has 0 fully saturated rings. The molecule has 0 nitrogen and oxygen atoms in total. The molecule has 0 N–H and O–H groups in total. The Bertz CT molecular complexity index is 721. The van der Waals surface area contributed by atoms with Gasteiger partial charge in [0.05, 0.1) is 5.56 Å². The highest BCUT2D eigenvalue weighted by Crippen LogP contribution is 2.40. The monoisotopic (exact) mass is 366 g/mol. The fourth-order valence-electron chi connectivity index (χ4n) is 2.55. The minimum Gasteiger partial charge on any atom is -0.203 e. The Labute approximate surface area is 141 Å². The standard InChI is InChI=1S/C18H17F7/c1-5-7-9(3)11(10(4)8-6-2)12-14(19)16(21)13(18(23,24)25)17(22)15(12)20/h5,7-8H,6H2,1-4H3/b7-5-,10-8+,11-9-. The van der Waals surface area contributed by atoms with Crippen LogP contribution in [0.3, 0.4) is 0 Å². The van der Waals surface area contributed by atoms with E-state index in [1.54, 1.807) is 19.9 Å². The molecule has 0 saturated carbocycles. The van der Waals surface area contributed by atoms with Gasteiger partial charge in [-0.2, -0.15) is 13.2 Å². The van der Waals surface area contributed by atoms with Crippen LogP contribution in [-0.4, -0.2) is 0 Å². The summed E-state index contributed by atoms with van der Waals surface area (Å²) in [5, 5.41) is 0. The molecule has 0 aliphatic heterocycles. The van der Waals surface area contributed by atoms with Crippen molar-refractivity contribution in [1.29, 1.82) is 0 Å². The molecule has 25 heavy (non-hydrogen) atoms. The van der Waals surface area contributed by atoms with Crippen molar-refractivity contribution >= 4 is 5.57 Å². The second-order valence-electron chi connectivity index (χ2n) is 5.36. The highest BCUT2D eigenvalue weighted by Gasteiger charge is 2.42. The number of hydrogen-bond acceptors (Lipinski definition) is 0. The van der Waals surface area contributed by atoms with E-state index in [9.17, 15) is 30.7 Å². The van der Waals surface area contributed by atoms with Gasteiger partial charge in [0.15, 0.2) is 23.3 Å². The molecule has 0 aliphatic carbocycles. The van der Waals surface area contributed by atoms with E-state index in [0.29, 0.717) is 6.42 Å². The molecule has 0 bridgehead atoms. The van der Waals surface area contributed by atoms with Crippen molar-refractivity contribution in [2.75, 3.05) is 0 Å². The molecule has 138 valence electrons. The van der Waals surface area contributed by atoms with E-state index < -0.39 is 40.6 Å². The molecule has 0 amide bonds. The fraction of sp³-hybridized carbons (Fsp3) is 0.333. The molecule has 0 aliphatic rings. The molecule has 0 unspecified atom stereocenters. The van der Waals surface area contributed by atoms with Gasteiger partial charge in [0.25, 0.3) is 0 Å². The average molecular weight is 366 g/mol. The number of hydrogen-bond donors (Lipinski definition) is 0. The minimum absolute atomic E-state index is 0.193. The lowest BCUT2D eigenvalue weighted by Crippen LogP contribution is -2.17. The fourth-order valence-corrected chi connectivity index (χ4v) is 2.55. The molecule has 1 rings (SSSR count). The van der Waals surface area contributed by atoms with Gasteiger partial charge in [0, 0.05) is 0 Å². The van der Waals surface area contributed by atoms with E-state index in [4.69, 9.17) is 0 Å². The second kappa shape index (κ2) is 7.89. The molecule has 1 aromatic rings. The smallest absolute Gasteiger partial charge is 0.203 e. The van der Waals surface area contributed by atoms with E-state index in [-0.39, 0.29) is 16.7 Å². The van der Waals surface area contributed by atoms with Gasteiger partial charge in [-0.1, -0.05) is 25.2 Å². The van der Waals surface area contributed by atoms with Gasteiger partial charge in [-0.3, -0.25) is 0 Å². The molecule has 0 atom stereocenters. The summed E-state index contributed by atoms with van der Waals surface area (Å²) in [5.74, 6) is -9.07. The average Bonchev–Trinajstić information content (AvgIpc) is 2.48. The van der Waals surface area contributed by atoms with Crippen LogP contribution < -0.4 is 0 Å². The lowest BCUT2D eigenvalue weighted by Gasteiger charge is -2.18. The van der Waals surface area contributed by atoms with E-state index in [2.05, 4.69) is 0 Å². The number of halogens is 7. The predicted molar refractivity (Wildman–Crippen MR) is 82.7 cm³/mol. The van der Waals surface area contributed by atoms with E-state index in [0.717, 1.165) is 0 Å². The van der Waals surface area contributed by atoms with Gasteiger partial charge in [-0.05, 0) is 43.9 Å². The summed E-state index contributed by atoms with van der Waals surface area (Å²) >= 11 is 0. The third-order valence-electron chi connectivity index (χ3n) is 3.51. The van der Waals surface area contributed by atoms with E-state index in [1.807, 2.05) is 0 Å². The maximum atomic E-state index is 14.3. The van der Waals surface area contributed by atoms with Gasteiger partial charge in [-0.15, -0.1) is 0 Å². The Morgan fingerprint density at radius 3 is 1.76 bits per heavy atom. The van der Waals surface area contributed by atoms with Crippen LogP contribution in [-0.2, 0) is 6.18 Å². The van der Waals surface area contributed by atoms with Crippen molar-refractivity contribution in [3.63, 3.8) is 0 Å². The number of allylic oxidation sites excluding steroid dienone is 6. The second-order valence-corrected chi connectivity index (χ2v) is 5.36. The summed E-state index contributed by atoms with van der Waals surface area (Å²) in [4.78, 5) is 0. The predicted octanol–water partition coefficient (Wildman–Crippen LogP) is 6.97. The van der Waals surface area contributed by atoms with Gasteiger partial charge in [0.1, 0.15) is 5.56 Å². The van der Waals surface area contributed by atoms with Crippen molar-refractivity contribution in [3.05, 3.63) is 63.8 Å². The Hall–Kier alpha value is -2.05. The first kappa shape index (κ1) is 21.0. The summed E-state index contributed by atoms with van der Waals surface area (Å²) in [5.41, 5.74) is -3.38. The largest absolute Gasteiger partial charge is 0.422 e. The lowest BCUT2D eigenvalue weighted by atomic mass is 9.91. The third kappa shape index (κ3) is 4.14. The molecule has 0 saturated heterocycles. The highest BCUT2D eigenvalue weighted by molar-refractivity contribution is 5.83. The summed E-state index contributed by atoms with van der Waals surface area (Å²) in [6.45, 7) is 6.24. The molecule has 7 heteroatoms. The van der Waals surface area contributed by atoms with Gasteiger partial charge >= 0.3 is 6.18 Å². The van der Waals surface area contributed by atoms with Gasteiger partial charge in [0.2, 0.25) is 0 Å². The number of alkyl halides is 3. The topological polar surface area (TPSA) is 0 Å². The minimum atomic E-state index is -5.56. The summed E-state index contributed by atoms with van der Waals surface area (Å²) in [6, 6.07) is 0. The van der Waals surface area contributed by atoms with Crippen LogP contribution in [0.15, 0.2) is 29.4 Å². The van der Waals surface area contributed by atoms with E-state index >= 15 is 0 Å². The summed E-state index contributed by atoms with van der Waals surface area (Å²) in [6.07, 6.45) is -0.594. The van der Waals surface area contributed by atoms with Crippen LogP contribution in [0, 0.1) is 23.3 Å². The van der Waals surface area contributed by atoms with Crippen LogP contribution in [0.5, 0.6) is 0 Å². The number of benzene rings is 1. The Kier molecular flexibility index (Phi) is 6.62. The van der Waals surface area contributed by atoms with Crippen LogP contribution in [0.4, 0.5) is 30.7 Å². The molecular weight excluding hydrogens is 349 g/mol. The van der Waals surface area contributed by atoms with E-state index in [1.165, 1.54) is 26.0 Å². The maximum absolute atomic E-state index is 14.3. The molecule has 0 aromatic heterocycles. The van der Waals surface area contributed by atoms with Crippen molar-refractivity contribution in [3.8, 4) is 0 Å². The van der Waals surface area contributed by atoms with Crippen LogP contribution in [0.2, 0.25) is 0 Å².